The van der Waals surface area contributed by atoms with Gasteiger partial charge in [-0.2, -0.15) is 0 Å². The van der Waals surface area contributed by atoms with Crippen LogP contribution in [0.25, 0.3) is 0 Å². The molecule has 0 N–H and O–H groups in total. The predicted molar refractivity (Wildman–Crippen MR) is 46.7 cm³/mol. The van der Waals surface area contributed by atoms with E-state index in [1.165, 1.54) is 0 Å². The van der Waals surface area contributed by atoms with Crippen molar-refractivity contribution in [3.05, 3.63) is 0 Å². The number of amides is 2. The molecule has 1 aliphatic rings. The van der Waals surface area contributed by atoms with E-state index in [4.69, 9.17) is 0 Å². The maximum Gasteiger partial charge on any atom is 0.333 e. The highest BCUT2D eigenvalue weighted by molar-refractivity contribution is 6.01. The molecule has 6 nitrogen and oxygen atoms in total. The van der Waals surface area contributed by atoms with Gasteiger partial charge in [0.2, 0.25) is 0 Å². The van der Waals surface area contributed by atoms with Gasteiger partial charge in [0.15, 0.2) is 6.29 Å². The van der Waals surface area contributed by atoms with Crippen molar-refractivity contribution in [1.29, 1.82) is 0 Å². The van der Waals surface area contributed by atoms with Crippen molar-refractivity contribution in [3.63, 3.8) is 0 Å². The number of unbranched alkanes of at least 4 members (excludes halogenated alkanes) is 1. The molecular weight excluding hydrogens is 202 g/mol. The fourth-order valence-electron chi connectivity index (χ4n) is 1.11. The van der Waals surface area contributed by atoms with Gasteiger partial charge < -0.3 is 4.84 Å². The van der Waals surface area contributed by atoms with Crippen LogP contribution >= 0.6 is 0 Å². The van der Waals surface area contributed by atoms with Crippen molar-refractivity contribution >= 4 is 24.1 Å². The molecule has 15 heavy (non-hydrogen) atoms. The molecule has 81 valence electrons. The van der Waals surface area contributed by atoms with Gasteiger partial charge in [-0.15, -0.1) is 5.06 Å². The molecule has 1 heterocycles. The first-order valence-corrected chi connectivity index (χ1v) is 4.56. The summed E-state index contributed by atoms with van der Waals surface area (Å²) in [5.41, 5.74) is 0. The standard InChI is InChI=1S/C9H10NO5/c11-6-2-1-3-9(14)15-10-7(12)4-5-8(10)13/h1-5H2. The predicted octanol–water partition coefficient (Wildman–Crippen LogP) is -0.126. The topological polar surface area (TPSA) is 80.8 Å². The van der Waals surface area contributed by atoms with Crippen LogP contribution in [0.5, 0.6) is 0 Å². The van der Waals surface area contributed by atoms with E-state index in [9.17, 15) is 19.2 Å². The SMILES string of the molecule is O=[C]CCCC(=O)ON1C(=O)CCC1=O. The second kappa shape index (κ2) is 5.23. The highest BCUT2D eigenvalue weighted by Crippen LogP contribution is 2.12. The Morgan fingerprint density at radius 3 is 2.47 bits per heavy atom. The Kier molecular flexibility index (Phi) is 3.96. The van der Waals surface area contributed by atoms with Gasteiger partial charge in [-0.1, -0.05) is 0 Å². The van der Waals surface area contributed by atoms with E-state index in [-0.39, 0.29) is 25.7 Å². The first kappa shape index (κ1) is 11.4. The van der Waals surface area contributed by atoms with Crippen LogP contribution in [0.4, 0.5) is 0 Å². The molecule has 0 atom stereocenters. The molecule has 0 unspecified atom stereocenters. The molecule has 1 aliphatic heterocycles. The van der Waals surface area contributed by atoms with Crippen molar-refractivity contribution in [2.24, 2.45) is 0 Å². The maximum absolute atomic E-state index is 11.1. The zero-order chi connectivity index (χ0) is 11.3. The van der Waals surface area contributed by atoms with E-state index in [0.717, 1.165) is 0 Å². The van der Waals surface area contributed by atoms with E-state index in [1.807, 2.05) is 0 Å². The summed E-state index contributed by atoms with van der Waals surface area (Å²) >= 11 is 0. The highest BCUT2D eigenvalue weighted by Gasteiger charge is 2.32. The summed E-state index contributed by atoms with van der Waals surface area (Å²) in [6, 6.07) is 0. The second-order valence-electron chi connectivity index (χ2n) is 3.04. The second-order valence-corrected chi connectivity index (χ2v) is 3.04. The zero-order valence-corrected chi connectivity index (χ0v) is 8.02. The molecule has 1 saturated heterocycles. The minimum atomic E-state index is -0.686. The molecule has 2 amide bonds. The smallest absolute Gasteiger partial charge is 0.330 e. The molecule has 1 fully saturated rings. The van der Waals surface area contributed by atoms with Gasteiger partial charge in [-0.25, -0.2) is 4.79 Å². The van der Waals surface area contributed by atoms with Crippen LogP contribution in [-0.2, 0) is 24.0 Å². The fourth-order valence-corrected chi connectivity index (χ4v) is 1.11. The first-order valence-electron chi connectivity index (χ1n) is 4.56. The minimum Gasteiger partial charge on any atom is -0.330 e. The van der Waals surface area contributed by atoms with Crippen LogP contribution in [0.15, 0.2) is 0 Å². The van der Waals surface area contributed by atoms with E-state index in [0.29, 0.717) is 11.5 Å². The normalized spacial score (nSPS) is 15.6. The van der Waals surface area contributed by atoms with Gasteiger partial charge in [0.1, 0.15) is 0 Å². The lowest BCUT2D eigenvalue weighted by molar-refractivity contribution is -0.197. The minimum absolute atomic E-state index is 0.00764. The summed E-state index contributed by atoms with van der Waals surface area (Å²) in [4.78, 5) is 47.5. The van der Waals surface area contributed by atoms with E-state index in [2.05, 4.69) is 4.84 Å². The lowest BCUT2D eigenvalue weighted by atomic mass is 10.2. The largest absolute Gasteiger partial charge is 0.333 e. The third-order valence-corrected chi connectivity index (χ3v) is 1.86. The monoisotopic (exact) mass is 212 g/mol. The van der Waals surface area contributed by atoms with Crippen molar-refractivity contribution in [3.8, 4) is 0 Å². The van der Waals surface area contributed by atoms with E-state index < -0.39 is 17.8 Å². The average Bonchev–Trinajstić information content (AvgIpc) is 2.50. The molecule has 0 aromatic carbocycles. The highest BCUT2D eigenvalue weighted by atomic mass is 16.7. The van der Waals surface area contributed by atoms with Gasteiger partial charge in [-0.05, 0) is 6.42 Å². The zero-order valence-electron chi connectivity index (χ0n) is 8.02. The number of hydrogen-bond acceptors (Lipinski definition) is 5. The summed E-state index contributed by atoms with van der Waals surface area (Å²) in [5.74, 6) is -1.69. The number of nitrogens with zero attached hydrogens (tertiary/aromatic N) is 1. The van der Waals surface area contributed by atoms with Crippen LogP contribution in [0.2, 0.25) is 0 Å². The molecule has 0 bridgehead atoms. The number of imide groups is 1. The lowest BCUT2D eigenvalue weighted by Gasteiger charge is -2.11. The summed E-state index contributed by atoms with van der Waals surface area (Å²) < 4.78 is 0. The molecule has 0 aromatic rings. The molecule has 1 radical (unpaired) electrons. The lowest BCUT2D eigenvalue weighted by Crippen LogP contribution is -2.31. The third-order valence-electron chi connectivity index (χ3n) is 1.86. The Hall–Kier alpha value is -1.72. The van der Waals surface area contributed by atoms with Gasteiger partial charge in [0.25, 0.3) is 11.8 Å². The van der Waals surface area contributed by atoms with Crippen LogP contribution in [0.3, 0.4) is 0 Å². The van der Waals surface area contributed by atoms with E-state index >= 15 is 0 Å². The summed E-state index contributed by atoms with van der Waals surface area (Å²) in [5, 5.41) is 0.493. The van der Waals surface area contributed by atoms with E-state index in [1.54, 1.807) is 6.29 Å². The molecule has 0 saturated carbocycles. The van der Waals surface area contributed by atoms with Crippen LogP contribution < -0.4 is 0 Å². The van der Waals surface area contributed by atoms with Crippen molar-refractivity contribution in [1.82, 2.24) is 5.06 Å². The molecule has 0 aliphatic carbocycles. The average molecular weight is 212 g/mol. The van der Waals surface area contributed by atoms with Gasteiger partial charge in [0.05, 0.1) is 0 Å². The van der Waals surface area contributed by atoms with Crippen molar-refractivity contribution < 1.29 is 24.0 Å². The number of hydroxylamine groups is 2. The van der Waals surface area contributed by atoms with Crippen molar-refractivity contribution in [2.75, 3.05) is 0 Å². The van der Waals surface area contributed by atoms with Gasteiger partial charge >= 0.3 is 5.97 Å². The number of carbonyl (C=O) groups excluding carboxylic acids is 4. The Morgan fingerprint density at radius 2 is 1.93 bits per heavy atom. The number of carbonyl (C=O) groups is 3. The quantitative estimate of drug-likeness (QED) is 0.468. The van der Waals surface area contributed by atoms with Gasteiger partial charge in [0, 0.05) is 25.7 Å². The van der Waals surface area contributed by atoms with Crippen LogP contribution in [-0.4, -0.2) is 29.1 Å². The van der Waals surface area contributed by atoms with Crippen LogP contribution in [0.1, 0.15) is 32.1 Å². The molecular formula is C9H10NO5. The van der Waals surface area contributed by atoms with Gasteiger partial charge in [-0.3, -0.25) is 14.4 Å². The Balaban J connectivity index is 2.33. The van der Waals surface area contributed by atoms with Crippen LogP contribution in [0, 0.1) is 0 Å². The third kappa shape index (κ3) is 3.16. The first-order chi connectivity index (χ1) is 7.15. The van der Waals surface area contributed by atoms with Crippen molar-refractivity contribution in [2.45, 2.75) is 32.1 Å². The summed E-state index contributed by atoms with van der Waals surface area (Å²) in [6.45, 7) is 0. The summed E-state index contributed by atoms with van der Waals surface area (Å²) in [6.07, 6.45) is 2.22. The maximum atomic E-state index is 11.1. The Bertz CT molecular complexity index is 283. The molecule has 0 spiro atoms. The number of rotatable bonds is 5. The summed E-state index contributed by atoms with van der Waals surface area (Å²) in [7, 11) is 0. The Labute approximate surface area is 86.1 Å². The fraction of sp³-hybridized carbons (Fsp3) is 0.556. The molecule has 1 rings (SSSR count). The molecule has 0 aromatic heterocycles. The Morgan fingerprint density at radius 1 is 1.33 bits per heavy atom. The number of hydrogen-bond donors (Lipinski definition) is 0. The molecule has 6 heteroatoms.